The van der Waals surface area contributed by atoms with E-state index in [0.29, 0.717) is 18.3 Å². The van der Waals surface area contributed by atoms with Crippen molar-refractivity contribution in [2.45, 2.75) is 13.0 Å². The SMILES string of the molecule is COCc1cc(CCN)[nH]c1Cl. The third-order valence-electron chi connectivity index (χ3n) is 1.61. The second-order valence-electron chi connectivity index (χ2n) is 2.61. The highest BCUT2D eigenvalue weighted by Crippen LogP contribution is 2.17. The van der Waals surface area contributed by atoms with Gasteiger partial charge in [0.25, 0.3) is 0 Å². The van der Waals surface area contributed by atoms with Crippen molar-refractivity contribution in [3.8, 4) is 0 Å². The minimum Gasteiger partial charge on any atom is -0.380 e. The Morgan fingerprint density at radius 2 is 2.42 bits per heavy atom. The molecule has 0 atom stereocenters. The minimum atomic E-state index is 0.542. The fourth-order valence-electron chi connectivity index (χ4n) is 1.08. The summed E-state index contributed by atoms with van der Waals surface area (Å²) in [7, 11) is 1.64. The highest BCUT2D eigenvalue weighted by atomic mass is 35.5. The predicted octanol–water partition coefficient (Wildman–Crippen LogP) is 1.32. The number of nitrogens with two attached hydrogens (primary N) is 1. The van der Waals surface area contributed by atoms with E-state index < -0.39 is 0 Å². The Bertz CT molecular complexity index is 247. The van der Waals surface area contributed by atoms with Crippen LogP contribution in [0.25, 0.3) is 0 Å². The molecule has 0 spiro atoms. The van der Waals surface area contributed by atoms with Crippen molar-refractivity contribution in [3.05, 3.63) is 22.5 Å². The van der Waals surface area contributed by atoms with Crippen molar-refractivity contribution < 1.29 is 4.74 Å². The molecule has 0 aliphatic rings. The minimum absolute atomic E-state index is 0.542. The molecule has 0 bridgehead atoms. The number of H-pyrrole nitrogens is 1. The summed E-state index contributed by atoms with van der Waals surface area (Å²) in [6, 6.07) is 1.98. The van der Waals surface area contributed by atoms with E-state index in [9.17, 15) is 0 Å². The van der Waals surface area contributed by atoms with Crippen molar-refractivity contribution in [1.29, 1.82) is 0 Å². The molecule has 3 nitrogen and oxygen atoms in total. The van der Waals surface area contributed by atoms with Gasteiger partial charge < -0.3 is 15.5 Å². The van der Waals surface area contributed by atoms with Gasteiger partial charge in [0.2, 0.25) is 0 Å². The van der Waals surface area contributed by atoms with Crippen LogP contribution in [0, 0.1) is 0 Å². The maximum atomic E-state index is 5.88. The number of hydrogen-bond acceptors (Lipinski definition) is 2. The van der Waals surface area contributed by atoms with Crippen LogP contribution < -0.4 is 5.73 Å². The molecule has 0 aromatic carbocycles. The molecule has 4 heteroatoms. The van der Waals surface area contributed by atoms with Crippen molar-refractivity contribution in [2.75, 3.05) is 13.7 Å². The number of nitrogens with one attached hydrogen (secondary N) is 1. The summed E-state index contributed by atoms with van der Waals surface area (Å²) >= 11 is 5.88. The molecule has 1 rings (SSSR count). The van der Waals surface area contributed by atoms with Crippen molar-refractivity contribution in [1.82, 2.24) is 4.98 Å². The molecule has 0 fully saturated rings. The molecule has 3 N–H and O–H groups in total. The van der Waals surface area contributed by atoms with Gasteiger partial charge in [-0.05, 0) is 19.0 Å². The lowest BCUT2D eigenvalue weighted by Gasteiger charge is -1.93. The van der Waals surface area contributed by atoms with Crippen LogP contribution in [0.2, 0.25) is 5.15 Å². The first-order chi connectivity index (χ1) is 5.77. The predicted molar refractivity (Wildman–Crippen MR) is 49.3 cm³/mol. The first-order valence-electron chi connectivity index (χ1n) is 3.83. The second-order valence-corrected chi connectivity index (χ2v) is 2.98. The number of rotatable bonds is 4. The third kappa shape index (κ3) is 2.24. The molecule has 12 heavy (non-hydrogen) atoms. The molecule has 0 saturated carbocycles. The molecule has 0 radical (unpaired) electrons. The van der Waals surface area contributed by atoms with Crippen molar-refractivity contribution in [2.24, 2.45) is 5.73 Å². The average Bonchev–Trinajstić information content (AvgIpc) is 2.34. The molecule has 1 heterocycles. The van der Waals surface area contributed by atoms with Gasteiger partial charge >= 0.3 is 0 Å². The number of halogens is 1. The van der Waals surface area contributed by atoms with Crippen molar-refractivity contribution >= 4 is 11.6 Å². The topological polar surface area (TPSA) is 51.0 Å². The van der Waals surface area contributed by atoms with Crippen LogP contribution in [0.1, 0.15) is 11.3 Å². The van der Waals surface area contributed by atoms with E-state index in [1.807, 2.05) is 6.07 Å². The molecule has 0 aliphatic carbocycles. The van der Waals surface area contributed by atoms with E-state index >= 15 is 0 Å². The summed E-state index contributed by atoms with van der Waals surface area (Å²) in [6.45, 7) is 1.17. The van der Waals surface area contributed by atoms with E-state index in [0.717, 1.165) is 17.7 Å². The lowest BCUT2D eigenvalue weighted by atomic mass is 10.3. The van der Waals surface area contributed by atoms with E-state index in [1.54, 1.807) is 7.11 Å². The molecule has 68 valence electrons. The van der Waals surface area contributed by atoms with Crippen molar-refractivity contribution in [3.63, 3.8) is 0 Å². The van der Waals surface area contributed by atoms with E-state index in [4.69, 9.17) is 22.1 Å². The summed E-state index contributed by atoms with van der Waals surface area (Å²) in [5.74, 6) is 0. The summed E-state index contributed by atoms with van der Waals surface area (Å²) in [5, 5.41) is 0.653. The van der Waals surface area contributed by atoms with E-state index in [-0.39, 0.29) is 0 Å². The summed E-state index contributed by atoms with van der Waals surface area (Å²) < 4.78 is 4.96. The highest BCUT2D eigenvalue weighted by molar-refractivity contribution is 6.30. The Morgan fingerprint density at radius 3 is 3.00 bits per heavy atom. The maximum Gasteiger partial charge on any atom is 0.112 e. The Labute approximate surface area is 76.9 Å². The van der Waals surface area contributed by atoms with Gasteiger partial charge in [0, 0.05) is 18.4 Å². The third-order valence-corrected chi connectivity index (χ3v) is 1.95. The largest absolute Gasteiger partial charge is 0.380 e. The molecular weight excluding hydrogens is 176 g/mol. The van der Waals surface area contributed by atoms with Gasteiger partial charge in [-0.3, -0.25) is 0 Å². The summed E-state index contributed by atoms with van der Waals surface area (Å²) in [5.41, 5.74) is 7.45. The van der Waals surface area contributed by atoms with Crippen LogP contribution in [-0.4, -0.2) is 18.6 Å². The number of hydrogen-bond donors (Lipinski definition) is 2. The first-order valence-corrected chi connectivity index (χ1v) is 4.21. The monoisotopic (exact) mass is 188 g/mol. The van der Waals surface area contributed by atoms with Gasteiger partial charge in [-0.15, -0.1) is 0 Å². The Morgan fingerprint density at radius 1 is 1.67 bits per heavy atom. The number of methoxy groups -OCH3 is 1. The molecule has 0 amide bonds. The fourth-order valence-corrected chi connectivity index (χ4v) is 1.31. The van der Waals surface area contributed by atoms with Crippen LogP contribution in [-0.2, 0) is 17.8 Å². The number of aromatic amines is 1. The zero-order chi connectivity index (χ0) is 8.97. The van der Waals surface area contributed by atoms with Crippen LogP contribution in [0.15, 0.2) is 6.07 Å². The zero-order valence-electron chi connectivity index (χ0n) is 7.06. The maximum absolute atomic E-state index is 5.88. The summed E-state index contributed by atoms with van der Waals surface area (Å²) in [6.07, 6.45) is 0.823. The molecule has 0 unspecified atom stereocenters. The van der Waals surface area contributed by atoms with E-state index in [1.165, 1.54) is 0 Å². The molecular formula is C8H13ClN2O. The fraction of sp³-hybridized carbons (Fsp3) is 0.500. The lowest BCUT2D eigenvalue weighted by molar-refractivity contribution is 0.185. The summed E-state index contributed by atoms with van der Waals surface area (Å²) in [4.78, 5) is 3.04. The lowest BCUT2D eigenvalue weighted by Crippen LogP contribution is -2.02. The van der Waals surface area contributed by atoms with Gasteiger partial charge in [-0.1, -0.05) is 11.6 Å². The van der Waals surface area contributed by atoms with Crippen LogP contribution >= 0.6 is 11.6 Å². The van der Waals surface area contributed by atoms with Gasteiger partial charge in [-0.25, -0.2) is 0 Å². The smallest absolute Gasteiger partial charge is 0.112 e. The van der Waals surface area contributed by atoms with Gasteiger partial charge in [0.1, 0.15) is 5.15 Å². The van der Waals surface area contributed by atoms with Crippen LogP contribution in [0.3, 0.4) is 0 Å². The zero-order valence-corrected chi connectivity index (χ0v) is 7.82. The van der Waals surface area contributed by atoms with Gasteiger partial charge in [0.05, 0.1) is 6.61 Å². The first kappa shape index (κ1) is 9.58. The van der Waals surface area contributed by atoms with Gasteiger partial charge in [0.15, 0.2) is 0 Å². The van der Waals surface area contributed by atoms with E-state index in [2.05, 4.69) is 4.98 Å². The Kier molecular flexibility index (Phi) is 3.59. The van der Waals surface area contributed by atoms with Crippen LogP contribution in [0.5, 0.6) is 0 Å². The number of ether oxygens (including phenoxy) is 1. The molecule has 1 aromatic rings. The second kappa shape index (κ2) is 4.50. The van der Waals surface area contributed by atoms with Gasteiger partial charge in [-0.2, -0.15) is 0 Å². The molecule has 0 aliphatic heterocycles. The average molecular weight is 189 g/mol. The molecule has 0 saturated heterocycles. The van der Waals surface area contributed by atoms with Crippen LogP contribution in [0.4, 0.5) is 0 Å². The molecule has 1 aromatic heterocycles. The quantitative estimate of drug-likeness (QED) is 0.749. The Hall–Kier alpha value is -0.510. The Balaban J connectivity index is 2.70. The number of aromatic nitrogens is 1. The highest BCUT2D eigenvalue weighted by Gasteiger charge is 2.04. The standard InChI is InChI=1S/C8H13ClN2O/c1-12-5-6-4-7(2-3-10)11-8(6)9/h4,11H,2-3,5,10H2,1H3. The normalized spacial score (nSPS) is 10.6.